The van der Waals surface area contributed by atoms with Crippen LogP contribution in [0.1, 0.15) is 23.4 Å². The van der Waals surface area contributed by atoms with Crippen LogP contribution in [0.5, 0.6) is 0 Å². The molecule has 0 spiro atoms. The monoisotopic (exact) mass is 361 g/mol. The molecule has 5 heteroatoms. The molecule has 0 aliphatic heterocycles. The highest BCUT2D eigenvalue weighted by atomic mass is 79.9. The Kier molecular flexibility index (Phi) is 5.39. The summed E-state index contributed by atoms with van der Waals surface area (Å²) in [6, 6.07) is 6.98. The summed E-state index contributed by atoms with van der Waals surface area (Å²) in [6.07, 6.45) is 0.713. The molecule has 1 atom stereocenters. The zero-order valence-electron chi connectivity index (χ0n) is 10.4. The number of hydrogen-bond acceptors (Lipinski definition) is 2. The van der Waals surface area contributed by atoms with E-state index in [0.29, 0.717) is 6.42 Å². The quantitative estimate of drug-likeness (QED) is 0.771. The van der Waals surface area contributed by atoms with Crippen LogP contribution in [0, 0.1) is 5.82 Å². The molecular weight excluding hydrogens is 349 g/mol. The fourth-order valence-corrected chi connectivity index (χ4v) is 3.80. The molecule has 102 valence electrons. The van der Waals surface area contributed by atoms with E-state index in [-0.39, 0.29) is 11.9 Å². The van der Waals surface area contributed by atoms with Gasteiger partial charge in [0.05, 0.1) is 5.02 Å². The first-order valence-corrected chi connectivity index (χ1v) is 8.06. The van der Waals surface area contributed by atoms with Gasteiger partial charge in [-0.05, 0) is 48.2 Å². The Bertz CT molecular complexity index is 538. The molecule has 1 unspecified atom stereocenters. The van der Waals surface area contributed by atoms with Crippen molar-refractivity contribution >= 4 is 38.9 Å². The Balaban J connectivity index is 2.23. The van der Waals surface area contributed by atoms with E-state index in [0.717, 1.165) is 26.5 Å². The number of likely N-dealkylation sites (N-methyl/N-ethyl adjacent to an activating group) is 1. The maximum absolute atomic E-state index is 13.4. The first kappa shape index (κ1) is 15.0. The lowest BCUT2D eigenvalue weighted by molar-refractivity contribution is 0.554. The van der Waals surface area contributed by atoms with Crippen LogP contribution in [0.15, 0.2) is 34.1 Å². The summed E-state index contributed by atoms with van der Waals surface area (Å²) in [5, 5.41) is 6.15. The molecule has 2 aromatic rings. The van der Waals surface area contributed by atoms with E-state index in [1.807, 2.05) is 17.5 Å². The normalized spacial score (nSPS) is 12.6. The maximum atomic E-state index is 13.4. The molecular formula is C14H14BrClFNS. The lowest BCUT2D eigenvalue weighted by Crippen LogP contribution is -2.22. The molecule has 0 bridgehead atoms. The van der Waals surface area contributed by atoms with Gasteiger partial charge < -0.3 is 5.32 Å². The Morgan fingerprint density at radius 1 is 1.42 bits per heavy atom. The van der Waals surface area contributed by atoms with Gasteiger partial charge in [-0.25, -0.2) is 4.39 Å². The van der Waals surface area contributed by atoms with E-state index in [1.165, 1.54) is 6.07 Å². The Morgan fingerprint density at radius 2 is 2.21 bits per heavy atom. The Labute approximate surface area is 129 Å². The second kappa shape index (κ2) is 6.84. The third-order valence-corrected chi connectivity index (χ3v) is 4.70. The lowest BCUT2D eigenvalue weighted by atomic mass is 10.0. The highest BCUT2D eigenvalue weighted by Crippen LogP contribution is 2.31. The fourth-order valence-electron chi connectivity index (χ4n) is 2.02. The minimum Gasteiger partial charge on any atom is -0.309 e. The summed E-state index contributed by atoms with van der Waals surface area (Å²) in [5.74, 6) is -0.225. The number of benzene rings is 1. The van der Waals surface area contributed by atoms with Gasteiger partial charge in [0.2, 0.25) is 0 Å². The van der Waals surface area contributed by atoms with Crippen LogP contribution in [0.2, 0.25) is 5.02 Å². The Morgan fingerprint density at radius 3 is 2.79 bits per heavy atom. The topological polar surface area (TPSA) is 12.0 Å². The maximum Gasteiger partial charge on any atom is 0.124 e. The summed E-state index contributed by atoms with van der Waals surface area (Å²) >= 11 is 11.1. The molecule has 0 aliphatic rings. The first-order chi connectivity index (χ1) is 9.10. The predicted octanol–water partition coefficient (Wildman–Crippen LogP) is 5.20. The van der Waals surface area contributed by atoms with Crippen molar-refractivity contribution in [3.8, 4) is 0 Å². The molecule has 0 saturated carbocycles. The minimum atomic E-state index is -0.225. The SMILES string of the molecule is CCNC(Cc1cc(F)cc(Br)c1)c1sccc1Cl. The molecule has 0 fully saturated rings. The van der Waals surface area contributed by atoms with E-state index in [1.54, 1.807) is 17.4 Å². The predicted molar refractivity (Wildman–Crippen MR) is 83.6 cm³/mol. The van der Waals surface area contributed by atoms with Gasteiger partial charge in [-0.2, -0.15) is 0 Å². The second-order valence-electron chi connectivity index (χ2n) is 4.22. The van der Waals surface area contributed by atoms with Crippen LogP contribution < -0.4 is 5.32 Å². The molecule has 0 radical (unpaired) electrons. The molecule has 1 nitrogen and oxygen atoms in total. The highest BCUT2D eigenvalue weighted by molar-refractivity contribution is 9.10. The van der Waals surface area contributed by atoms with Crippen molar-refractivity contribution in [2.45, 2.75) is 19.4 Å². The van der Waals surface area contributed by atoms with Gasteiger partial charge in [-0.15, -0.1) is 11.3 Å². The number of rotatable bonds is 5. The van der Waals surface area contributed by atoms with Gasteiger partial charge in [0.25, 0.3) is 0 Å². The molecule has 19 heavy (non-hydrogen) atoms. The average molecular weight is 363 g/mol. The Hall–Kier alpha value is -0.420. The van der Waals surface area contributed by atoms with E-state index in [2.05, 4.69) is 28.2 Å². The average Bonchev–Trinajstić information content (AvgIpc) is 2.73. The van der Waals surface area contributed by atoms with Crippen LogP contribution >= 0.6 is 38.9 Å². The fraction of sp³-hybridized carbons (Fsp3) is 0.286. The summed E-state index contributed by atoms with van der Waals surface area (Å²) in [5.41, 5.74) is 0.947. The van der Waals surface area contributed by atoms with Crippen LogP contribution in [0.3, 0.4) is 0 Å². The van der Waals surface area contributed by atoms with E-state index < -0.39 is 0 Å². The van der Waals surface area contributed by atoms with Gasteiger partial charge in [0.1, 0.15) is 5.82 Å². The molecule has 0 amide bonds. The van der Waals surface area contributed by atoms with Crippen molar-refractivity contribution in [2.75, 3.05) is 6.54 Å². The minimum absolute atomic E-state index is 0.117. The standard InChI is InChI=1S/C14H14BrClFNS/c1-2-18-13(14-12(16)3-4-19-14)7-9-5-10(15)8-11(17)6-9/h3-6,8,13,18H,2,7H2,1H3. The van der Waals surface area contributed by atoms with Crippen molar-refractivity contribution < 1.29 is 4.39 Å². The molecule has 1 N–H and O–H groups in total. The summed E-state index contributed by atoms with van der Waals surface area (Å²) in [4.78, 5) is 1.10. The zero-order chi connectivity index (χ0) is 13.8. The van der Waals surface area contributed by atoms with Crippen molar-refractivity contribution in [3.05, 3.63) is 55.4 Å². The first-order valence-electron chi connectivity index (χ1n) is 6.01. The summed E-state index contributed by atoms with van der Waals surface area (Å²) in [7, 11) is 0. The third-order valence-electron chi connectivity index (χ3n) is 2.77. The highest BCUT2D eigenvalue weighted by Gasteiger charge is 2.16. The van der Waals surface area contributed by atoms with Crippen LogP contribution in [-0.4, -0.2) is 6.54 Å². The summed E-state index contributed by atoms with van der Waals surface area (Å²) in [6.45, 7) is 2.89. The van der Waals surface area contributed by atoms with E-state index in [4.69, 9.17) is 11.6 Å². The van der Waals surface area contributed by atoms with E-state index in [9.17, 15) is 4.39 Å². The van der Waals surface area contributed by atoms with Crippen LogP contribution in [-0.2, 0) is 6.42 Å². The molecule has 0 saturated heterocycles. The molecule has 0 aliphatic carbocycles. The van der Waals surface area contributed by atoms with Crippen LogP contribution in [0.25, 0.3) is 0 Å². The number of thiophene rings is 1. The molecule has 1 aromatic heterocycles. The zero-order valence-corrected chi connectivity index (χ0v) is 13.6. The van der Waals surface area contributed by atoms with Gasteiger partial charge in [-0.1, -0.05) is 34.5 Å². The molecule has 2 rings (SSSR count). The summed E-state index contributed by atoms with van der Waals surface area (Å²) < 4.78 is 14.2. The van der Waals surface area contributed by atoms with Gasteiger partial charge in [0, 0.05) is 15.4 Å². The van der Waals surface area contributed by atoms with Crippen LogP contribution in [0.4, 0.5) is 4.39 Å². The van der Waals surface area contributed by atoms with Crippen molar-refractivity contribution in [2.24, 2.45) is 0 Å². The number of halogens is 3. The van der Waals surface area contributed by atoms with Gasteiger partial charge >= 0.3 is 0 Å². The largest absolute Gasteiger partial charge is 0.309 e. The number of hydrogen-bond donors (Lipinski definition) is 1. The van der Waals surface area contributed by atoms with Crippen molar-refractivity contribution in [1.82, 2.24) is 5.32 Å². The molecule has 1 heterocycles. The molecule has 1 aromatic carbocycles. The lowest BCUT2D eigenvalue weighted by Gasteiger charge is -2.17. The second-order valence-corrected chi connectivity index (χ2v) is 6.50. The van der Waals surface area contributed by atoms with Crippen molar-refractivity contribution in [1.29, 1.82) is 0 Å². The third kappa shape index (κ3) is 4.02. The van der Waals surface area contributed by atoms with Gasteiger partial charge in [0.15, 0.2) is 0 Å². The van der Waals surface area contributed by atoms with E-state index >= 15 is 0 Å². The number of nitrogens with one attached hydrogen (secondary N) is 1. The van der Waals surface area contributed by atoms with Crippen molar-refractivity contribution in [3.63, 3.8) is 0 Å². The van der Waals surface area contributed by atoms with Gasteiger partial charge in [-0.3, -0.25) is 0 Å². The smallest absolute Gasteiger partial charge is 0.124 e.